The first-order valence-corrected chi connectivity index (χ1v) is 6.01. The first-order valence-electron chi connectivity index (χ1n) is 6.01. The average molecular weight is 244 g/mol. The Morgan fingerprint density at radius 2 is 2.06 bits per heavy atom. The molecule has 0 radical (unpaired) electrons. The fraction of sp³-hybridized carbons (Fsp3) is 0.267. The fourth-order valence-corrected chi connectivity index (χ4v) is 1.82. The van der Waals surface area contributed by atoms with Crippen molar-refractivity contribution in [2.75, 3.05) is 5.73 Å². The van der Waals surface area contributed by atoms with Crippen LogP contribution in [-0.4, -0.2) is 4.98 Å². The monoisotopic (exact) mass is 244 g/mol. The van der Waals surface area contributed by atoms with E-state index in [-0.39, 0.29) is 5.56 Å². The quantitative estimate of drug-likeness (QED) is 0.779. The van der Waals surface area contributed by atoms with Crippen molar-refractivity contribution in [2.24, 2.45) is 0 Å². The Labute approximate surface area is 107 Å². The number of aryl methyl sites for hydroxylation is 1. The number of halogens is 1. The molecule has 0 atom stereocenters. The number of aromatic nitrogens is 1. The van der Waals surface area contributed by atoms with E-state index < -0.39 is 5.82 Å². The molecule has 0 aliphatic carbocycles. The third-order valence-electron chi connectivity index (χ3n) is 2.52. The normalized spacial score (nSPS) is 9.50. The minimum Gasteiger partial charge on any atom is -0.384 e. The number of pyridine rings is 1. The predicted octanol–water partition coefficient (Wildman–Crippen LogP) is 3.53. The number of nitrogens with two attached hydrogens (primary N) is 1. The van der Waals surface area contributed by atoms with Gasteiger partial charge in [-0.3, -0.25) is 0 Å². The molecule has 0 saturated carbocycles. The van der Waals surface area contributed by atoms with Crippen LogP contribution in [0.2, 0.25) is 0 Å². The van der Waals surface area contributed by atoms with Crippen LogP contribution in [0.25, 0.3) is 10.8 Å². The van der Waals surface area contributed by atoms with Crippen LogP contribution < -0.4 is 5.73 Å². The maximum absolute atomic E-state index is 13.5. The summed E-state index contributed by atoms with van der Waals surface area (Å²) in [6, 6.07) is 4.73. The van der Waals surface area contributed by atoms with Crippen molar-refractivity contribution in [1.29, 1.82) is 0 Å². The van der Waals surface area contributed by atoms with E-state index in [4.69, 9.17) is 12.2 Å². The van der Waals surface area contributed by atoms with E-state index in [1.54, 1.807) is 12.1 Å². The Bertz CT molecular complexity index is 597. The lowest BCUT2D eigenvalue weighted by atomic mass is 10.0. The van der Waals surface area contributed by atoms with Gasteiger partial charge < -0.3 is 5.73 Å². The smallest absolute Gasteiger partial charge is 0.139 e. The van der Waals surface area contributed by atoms with Gasteiger partial charge in [0.05, 0.1) is 11.3 Å². The standard InChI is InChI=1S/C13H11FN2.C2H6/c1-3-9-10(14)6-5-8-7-12(15)16-11(4-2)13(8)9;1-2/h1,5-7H,4H2,2H3,(H2,15,16);1-2H3. The number of hydrogen-bond acceptors (Lipinski definition) is 2. The number of benzene rings is 1. The number of fused-ring (bicyclic) bond motifs is 1. The second-order valence-corrected chi connectivity index (χ2v) is 3.51. The molecule has 0 unspecified atom stereocenters. The van der Waals surface area contributed by atoms with Gasteiger partial charge in [0.25, 0.3) is 0 Å². The second-order valence-electron chi connectivity index (χ2n) is 3.51. The molecular weight excluding hydrogens is 227 g/mol. The highest BCUT2D eigenvalue weighted by Crippen LogP contribution is 2.25. The van der Waals surface area contributed by atoms with Crippen molar-refractivity contribution in [1.82, 2.24) is 4.98 Å². The Hall–Kier alpha value is -2.08. The highest BCUT2D eigenvalue weighted by Gasteiger charge is 2.10. The molecule has 2 aromatic rings. The van der Waals surface area contributed by atoms with Gasteiger partial charge in [-0.05, 0) is 23.9 Å². The molecule has 0 spiro atoms. The lowest BCUT2D eigenvalue weighted by Crippen LogP contribution is -1.99. The highest BCUT2D eigenvalue weighted by atomic mass is 19.1. The van der Waals surface area contributed by atoms with Crippen molar-refractivity contribution >= 4 is 16.6 Å². The van der Waals surface area contributed by atoms with Crippen LogP contribution in [0, 0.1) is 18.2 Å². The van der Waals surface area contributed by atoms with Crippen molar-refractivity contribution < 1.29 is 4.39 Å². The number of nitrogen functional groups attached to an aromatic ring is 1. The lowest BCUT2D eigenvalue weighted by Gasteiger charge is -2.08. The van der Waals surface area contributed by atoms with Gasteiger partial charge in [0.2, 0.25) is 0 Å². The van der Waals surface area contributed by atoms with E-state index >= 15 is 0 Å². The molecule has 0 fully saturated rings. The Morgan fingerprint density at radius 1 is 1.39 bits per heavy atom. The van der Waals surface area contributed by atoms with E-state index in [1.807, 2.05) is 20.8 Å². The molecule has 94 valence electrons. The number of nitrogens with zero attached hydrogens (tertiary/aromatic N) is 1. The zero-order valence-corrected chi connectivity index (χ0v) is 10.9. The van der Waals surface area contributed by atoms with Crippen LogP contribution in [0.3, 0.4) is 0 Å². The van der Waals surface area contributed by atoms with Crippen LogP contribution >= 0.6 is 0 Å². The molecule has 0 amide bonds. The summed E-state index contributed by atoms with van der Waals surface area (Å²) in [5.74, 6) is 2.41. The number of hydrogen-bond donors (Lipinski definition) is 1. The largest absolute Gasteiger partial charge is 0.384 e. The minimum absolute atomic E-state index is 0.266. The Balaban J connectivity index is 0.000000771. The summed E-state index contributed by atoms with van der Waals surface area (Å²) < 4.78 is 13.5. The SMILES string of the molecule is C#Cc1c(F)ccc2cc(N)nc(CC)c12.CC. The summed E-state index contributed by atoms with van der Waals surface area (Å²) in [6.45, 7) is 5.94. The summed E-state index contributed by atoms with van der Waals surface area (Å²) in [7, 11) is 0. The van der Waals surface area contributed by atoms with Crippen molar-refractivity contribution in [2.45, 2.75) is 27.2 Å². The molecule has 0 aliphatic rings. The molecule has 0 saturated heterocycles. The number of terminal acetylenes is 1. The van der Waals surface area contributed by atoms with Crippen LogP contribution in [0.15, 0.2) is 18.2 Å². The van der Waals surface area contributed by atoms with E-state index in [0.717, 1.165) is 11.1 Å². The van der Waals surface area contributed by atoms with Crippen molar-refractivity contribution in [3.63, 3.8) is 0 Å². The summed E-state index contributed by atoms with van der Waals surface area (Å²) in [6.07, 6.45) is 6.00. The van der Waals surface area contributed by atoms with Gasteiger partial charge in [0, 0.05) is 5.39 Å². The van der Waals surface area contributed by atoms with Crippen LogP contribution in [0.5, 0.6) is 0 Å². The molecule has 0 aliphatic heterocycles. The van der Waals surface area contributed by atoms with Gasteiger partial charge >= 0.3 is 0 Å². The molecule has 2 rings (SSSR count). The second kappa shape index (κ2) is 6.02. The molecule has 18 heavy (non-hydrogen) atoms. The Morgan fingerprint density at radius 3 is 2.61 bits per heavy atom. The maximum atomic E-state index is 13.5. The molecule has 1 aromatic heterocycles. The topological polar surface area (TPSA) is 38.9 Å². The van der Waals surface area contributed by atoms with E-state index in [9.17, 15) is 4.39 Å². The van der Waals surface area contributed by atoms with Gasteiger partial charge in [-0.15, -0.1) is 6.42 Å². The third kappa shape index (κ3) is 2.43. The number of rotatable bonds is 1. The summed E-state index contributed by atoms with van der Waals surface area (Å²) in [5, 5.41) is 1.53. The van der Waals surface area contributed by atoms with Gasteiger partial charge in [-0.2, -0.15) is 0 Å². The van der Waals surface area contributed by atoms with Gasteiger partial charge in [-0.25, -0.2) is 9.37 Å². The molecular formula is C15H17FN2. The van der Waals surface area contributed by atoms with Gasteiger partial charge in [0.1, 0.15) is 11.6 Å². The minimum atomic E-state index is -0.392. The lowest BCUT2D eigenvalue weighted by molar-refractivity contribution is 0.626. The van der Waals surface area contributed by atoms with Gasteiger partial charge in [-0.1, -0.05) is 32.8 Å². The number of anilines is 1. The van der Waals surface area contributed by atoms with E-state index in [0.29, 0.717) is 17.6 Å². The Kier molecular flexibility index (Phi) is 4.67. The molecule has 1 aromatic carbocycles. The van der Waals surface area contributed by atoms with Gasteiger partial charge in [0.15, 0.2) is 0 Å². The maximum Gasteiger partial charge on any atom is 0.139 e. The summed E-state index contributed by atoms with van der Waals surface area (Å²) in [4.78, 5) is 4.19. The fourth-order valence-electron chi connectivity index (χ4n) is 1.82. The molecule has 2 nitrogen and oxygen atoms in total. The van der Waals surface area contributed by atoms with Crippen LogP contribution in [0.4, 0.5) is 10.2 Å². The molecule has 1 heterocycles. The summed E-state index contributed by atoms with van der Waals surface area (Å²) >= 11 is 0. The molecule has 2 N–H and O–H groups in total. The van der Waals surface area contributed by atoms with E-state index in [1.165, 1.54) is 6.07 Å². The van der Waals surface area contributed by atoms with E-state index in [2.05, 4.69) is 10.9 Å². The molecule has 3 heteroatoms. The third-order valence-corrected chi connectivity index (χ3v) is 2.52. The zero-order chi connectivity index (χ0) is 13.7. The van der Waals surface area contributed by atoms with Crippen LogP contribution in [-0.2, 0) is 6.42 Å². The summed E-state index contributed by atoms with van der Waals surface area (Å²) in [5.41, 5.74) is 6.68. The van der Waals surface area contributed by atoms with Crippen molar-refractivity contribution in [3.8, 4) is 12.3 Å². The zero-order valence-electron chi connectivity index (χ0n) is 10.9. The highest BCUT2D eigenvalue weighted by molar-refractivity contribution is 5.91. The first-order chi connectivity index (χ1) is 8.67. The van der Waals surface area contributed by atoms with Crippen molar-refractivity contribution in [3.05, 3.63) is 35.3 Å². The molecule has 0 bridgehead atoms. The van der Waals surface area contributed by atoms with Crippen LogP contribution in [0.1, 0.15) is 32.0 Å². The average Bonchev–Trinajstić information content (AvgIpc) is 2.40. The first kappa shape index (κ1) is 14.0. The predicted molar refractivity (Wildman–Crippen MR) is 74.8 cm³/mol.